The molecule has 0 atom stereocenters. The maximum Gasteiger partial charge on any atom is 0.173 e. The molecular weight excluding hydrogens is 208 g/mol. The molecule has 0 aliphatic carbocycles. The number of thiophene rings is 1. The molecule has 1 aromatic rings. The molecule has 3 heteroatoms. The van der Waals surface area contributed by atoms with Crippen LogP contribution in [-0.2, 0) is 4.74 Å². The number of ketones is 1. The highest BCUT2D eigenvalue weighted by molar-refractivity contribution is 7.14. The average Bonchev–Trinajstić information content (AvgIpc) is 2.66. The number of carbonyl (C=O) groups excluding carboxylic acids is 1. The molecule has 82 valence electrons. The van der Waals surface area contributed by atoms with Gasteiger partial charge in [0.15, 0.2) is 5.78 Å². The summed E-state index contributed by atoms with van der Waals surface area (Å²) in [4.78, 5) is 14.0. The highest BCUT2D eigenvalue weighted by Crippen LogP contribution is 2.23. The van der Waals surface area contributed by atoms with Crippen molar-refractivity contribution in [1.29, 1.82) is 0 Å². The minimum atomic E-state index is 0.306. The SMILES string of the molecule is Cc1ccc(C(=O)CC2CCOCC2)s1. The van der Waals surface area contributed by atoms with Gasteiger partial charge in [-0.05, 0) is 37.8 Å². The molecule has 1 aliphatic rings. The van der Waals surface area contributed by atoms with E-state index in [-0.39, 0.29) is 0 Å². The Bertz CT molecular complexity index is 337. The summed E-state index contributed by atoms with van der Waals surface area (Å²) in [7, 11) is 0. The van der Waals surface area contributed by atoms with Crippen LogP contribution < -0.4 is 0 Å². The monoisotopic (exact) mass is 224 g/mol. The van der Waals surface area contributed by atoms with E-state index in [1.165, 1.54) is 4.88 Å². The van der Waals surface area contributed by atoms with Gasteiger partial charge in [0, 0.05) is 24.5 Å². The lowest BCUT2D eigenvalue weighted by Crippen LogP contribution is -2.18. The van der Waals surface area contributed by atoms with Gasteiger partial charge in [-0.3, -0.25) is 4.79 Å². The van der Waals surface area contributed by atoms with Crippen molar-refractivity contribution in [3.05, 3.63) is 21.9 Å². The van der Waals surface area contributed by atoms with E-state index in [2.05, 4.69) is 0 Å². The topological polar surface area (TPSA) is 26.3 Å². The largest absolute Gasteiger partial charge is 0.381 e. The first-order chi connectivity index (χ1) is 7.25. The Morgan fingerprint density at radius 3 is 2.80 bits per heavy atom. The Morgan fingerprint density at radius 1 is 1.47 bits per heavy atom. The van der Waals surface area contributed by atoms with Crippen LogP contribution in [0, 0.1) is 12.8 Å². The molecule has 0 radical (unpaired) electrons. The predicted molar refractivity (Wildman–Crippen MR) is 61.5 cm³/mol. The van der Waals surface area contributed by atoms with Crippen LogP contribution in [0.2, 0.25) is 0 Å². The molecule has 0 N–H and O–H groups in total. The second-order valence-electron chi connectivity index (χ2n) is 4.09. The fraction of sp³-hybridized carbons (Fsp3) is 0.583. The molecule has 1 aromatic heterocycles. The van der Waals surface area contributed by atoms with Crippen molar-refractivity contribution >= 4 is 17.1 Å². The number of carbonyl (C=O) groups is 1. The maximum absolute atomic E-state index is 11.9. The van der Waals surface area contributed by atoms with Crippen LogP contribution in [0.4, 0.5) is 0 Å². The van der Waals surface area contributed by atoms with E-state index < -0.39 is 0 Å². The normalized spacial score (nSPS) is 17.9. The van der Waals surface area contributed by atoms with Crippen LogP contribution in [0.15, 0.2) is 12.1 Å². The summed E-state index contributed by atoms with van der Waals surface area (Å²) < 4.78 is 5.28. The van der Waals surface area contributed by atoms with Gasteiger partial charge < -0.3 is 4.74 Å². The Hall–Kier alpha value is -0.670. The van der Waals surface area contributed by atoms with E-state index in [0.717, 1.165) is 30.9 Å². The molecule has 1 fully saturated rings. The van der Waals surface area contributed by atoms with Crippen molar-refractivity contribution in [3.63, 3.8) is 0 Å². The van der Waals surface area contributed by atoms with Crippen LogP contribution in [-0.4, -0.2) is 19.0 Å². The van der Waals surface area contributed by atoms with Crippen molar-refractivity contribution in [2.24, 2.45) is 5.92 Å². The summed E-state index contributed by atoms with van der Waals surface area (Å²) in [5.74, 6) is 0.841. The van der Waals surface area contributed by atoms with Crippen LogP contribution in [0.25, 0.3) is 0 Å². The van der Waals surface area contributed by atoms with Crippen LogP contribution in [0.3, 0.4) is 0 Å². The first-order valence-electron chi connectivity index (χ1n) is 5.43. The molecule has 0 aromatic carbocycles. The second-order valence-corrected chi connectivity index (χ2v) is 5.38. The third kappa shape index (κ3) is 2.89. The molecule has 2 rings (SSSR count). The van der Waals surface area contributed by atoms with Crippen molar-refractivity contribution < 1.29 is 9.53 Å². The van der Waals surface area contributed by atoms with Gasteiger partial charge in [-0.1, -0.05) is 0 Å². The minimum Gasteiger partial charge on any atom is -0.381 e. The third-order valence-corrected chi connectivity index (χ3v) is 3.87. The van der Waals surface area contributed by atoms with Gasteiger partial charge in [-0.15, -0.1) is 11.3 Å². The van der Waals surface area contributed by atoms with Crippen LogP contribution in [0.1, 0.15) is 33.8 Å². The first kappa shape index (κ1) is 10.8. The lowest BCUT2D eigenvalue weighted by Gasteiger charge is -2.20. The van der Waals surface area contributed by atoms with E-state index in [9.17, 15) is 4.79 Å². The molecule has 2 heterocycles. The molecule has 0 spiro atoms. The average molecular weight is 224 g/mol. The van der Waals surface area contributed by atoms with Crippen molar-refractivity contribution in [2.45, 2.75) is 26.2 Å². The van der Waals surface area contributed by atoms with Gasteiger partial charge in [0.05, 0.1) is 4.88 Å². The highest BCUT2D eigenvalue weighted by atomic mass is 32.1. The molecule has 0 amide bonds. The second kappa shape index (κ2) is 4.90. The molecular formula is C12H16O2S. The van der Waals surface area contributed by atoms with Gasteiger partial charge in [0.1, 0.15) is 0 Å². The summed E-state index contributed by atoms with van der Waals surface area (Å²) in [5.41, 5.74) is 0. The fourth-order valence-corrected chi connectivity index (χ4v) is 2.71. The summed E-state index contributed by atoms with van der Waals surface area (Å²) in [6, 6.07) is 3.96. The van der Waals surface area contributed by atoms with Gasteiger partial charge >= 0.3 is 0 Å². The number of hydrogen-bond donors (Lipinski definition) is 0. The first-order valence-corrected chi connectivity index (χ1v) is 6.25. The summed E-state index contributed by atoms with van der Waals surface area (Å²) in [6.45, 7) is 3.68. The lowest BCUT2D eigenvalue weighted by atomic mass is 9.94. The Morgan fingerprint density at radius 2 is 2.20 bits per heavy atom. The van der Waals surface area contributed by atoms with Crippen molar-refractivity contribution in [2.75, 3.05) is 13.2 Å². The molecule has 0 unspecified atom stereocenters. The maximum atomic E-state index is 11.9. The number of hydrogen-bond acceptors (Lipinski definition) is 3. The zero-order valence-electron chi connectivity index (χ0n) is 8.99. The summed E-state index contributed by atoms with van der Waals surface area (Å²) in [5, 5.41) is 0. The zero-order valence-corrected chi connectivity index (χ0v) is 9.81. The van der Waals surface area contributed by atoms with Gasteiger partial charge in [0.25, 0.3) is 0 Å². The van der Waals surface area contributed by atoms with E-state index in [4.69, 9.17) is 4.74 Å². The number of ether oxygens (including phenoxy) is 1. The third-order valence-electron chi connectivity index (χ3n) is 2.83. The van der Waals surface area contributed by atoms with E-state index in [1.54, 1.807) is 11.3 Å². The van der Waals surface area contributed by atoms with Gasteiger partial charge in [-0.25, -0.2) is 0 Å². The van der Waals surface area contributed by atoms with Gasteiger partial charge in [-0.2, -0.15) is 0 Å². The Kier molecular flexibility index (Phi) is 3.54. The zero-order chi connectivity index (χ0) is 10.7. The lowest BCUT2D eigenvalue weighted by molar-refractivity contribution is 0.0602. The van der Waals surface area contributed by atoms with E-state index >= 15 is 0 Å². The molecule has 2 nitrogen and oxygen atoms in total. The minimum absolute atomic E-state index is 0.306. The Balaban J connectivity index is 1.91. The standard InChI is InChI=1S/C12H16O2S/c1-9-2-3-12(15-9)11(13)8-10-4-6-14-7-5-10/h2-3,10H,4-8H2,1H3. The molecule has 15 heavy (non-hydrogen) atoms. The summed E-state index contributed by atoms with van der Waals surface area (Å²) >= 11 is 1.60. The Labute approximate surface area is 94.3 Å². The van der Waals surface area contributed by atoms with Gasteiger partial charge in [0.2, 0.25) is 0 Å². The summed E-state index contributed by atoms with van der Waals surface area (Å²) in [6.07, 6.45) is 2.77. The smallest absolute Gasteiger partial charge is 0.173 e. The van der Waals surface area contributed by atoms with E-state index in [0.29, 0.717) is 18.1 Å². The molecule has 1 saturated heterocycles. The highest BCUT2D eigenvalue weighted by Gasteiger charge is 2.18. The van der Waals surface area contributed by atoms with Crippen molar-refractivity contribution in [1.82, 2.24) is 0 Å². The van der Waals surface area contributed by atoms with Crippen LogP contribution in [0.5, 0.6) is 0 Å². The number of Topliss-reactive ketones (excluding diaryl/α,β-unsaturated/α-hetero) is 1. The fourth-order valence-electron chi connectivity index (χ4n) is 1.90. The molecule has 0 saturated carbocycles. The number of aryl methyl sites for hydroxylation is 1. The van der Waals surface area contributed by atoms with E-state index in [1.807, 2.05) is 19.1 Å². The quantitative estimate of drug-likeness (QED) is 0.738. The predicted octanol–water partition coefficient (Wildman–Crippen LogP) is 3.06. The van der Waals surface area contributed by atoms with Crippen LogP contribution >= 0.6 is 11.3 Å². The molecule has 0 bridgehead atoms. The van der Waals surface area contributed by atoms with Crippen molar-refractivity contribution in [3.8, 4) is 0 Å². The number of rotatable bonds is 3. The molecule has 1 aliphatic heterocycles.